The summed E-state index contributed by atoms with van der Waals surface area (Å²) in [6.45, 7) is 3.27. The molecule has 0 aliphatic heterocycles. The van der Waals surface area contributed by atoms with E-state index in [0.29, 0.717) is 18.2 Å². The van der Waals surface area contributed by atoms with Gasteiger partial charge in [-0.05, 0) is 43.3 Å². The van der Waals surface area contributed by atoms with Crippen LogP contribution in [0.3, 0.4) is 0 Å². The van der Waals surface area contributed by atoms with E-state index in [0.717, 1.165) is 44.4 Å². The van der Waals surface area contributed by atoms with Crippen molar-refractivity contribution >= 4 is 44.7 Å². The van der Waals surface area contributed by atoms with Crippen molar-refractivity contribution in [1.29, 1.82) is 0 Å². The standard InChI is InChI=1S/C23H18ClN3O/c1-2-28-21-10-6-3-7-15(21)14-27-20-12-11-16(24)13-17(20)22-23(27)26-19-9-5-4-8-18(19)25-22/h3-13H,2,14H2,1H3. The zero-order valence-electron chi connectivity index (χ0n) is 15.4. The first-order valence-electron chi connectivity index (χ1n) is 9.29. The number of hydrogen-bond donors (Lipinski definition) is 0. The van der Waals surface area contributed by atoms with Crippen molar-refractivity contribution in [3.63, 3.8) is 0 Å². The van der Waals surface area contributed by atoms with Crippen LogP contribution in [0.4, 0.5) is 0 Å². The average Bonchev–Trinajstić information content (AvgIpc) is 3.00. The van der Waals surface area contributed by atoms with E-state index in [2.05, 4.69) is 10.6 Å². The van der Waals surface area contributed by atoms with Crippen molar-refractivity contribution < 1.29 is 4.74 Å². The molecule has 138 valence electrons. The number of hydrogen-bond acceptors (Lipinski definition) is 3. The second kappa shape index (κ2) is 6.80. The molecule has 28 heavy (non-hydrogen) atoms. The lowest BCUT2D eigenvalue weighted by Crippen LogP contribution is -2.04. The van der Waals surface area contributed by atoms with E-state index >= 15 is 0 Å². The molecule has 0 radical (unpaired) electrons. The summed E-state index contributed by atoms with van der Waals surface area (Å²) in [6, 6.07) is 22.0. The van der Waals surface area contributed by atoms with E-state index < -0.39 is 0 Å². The Morgan fingerprint density at radius 1 is 0.929 bits per heavy atom. The molecule has 5 aromatic rings. The zero-order valence-corrected chi connectivity index (χ0v) is 16.1. The van der Waals surface area contributed by atoms with Gasteiger partial charge in [0.2, 0.25) is 0 Å². The van der Waals surface area contributed by atoms with E-state index in [9.17, 15) is 0 Å². The molecule has 0 unspecified atom stereocenters. The van der Waals surface area contributed by atoms with E-state index in [4.69, 9.17) is 26.3 Å². The molecule has 3 aromatic carbocycles. The predicted octanol–water partition coefficient (Wildman–Crippen LogP) is 5.84. The van der Waals surface area contributed by atoms with Crippen LogP contribution >= 0.6 is 11.6 Å². The molecule has 0 aliphatic carbocycles. The third-order valence-electron chi connectivity index (χ3n) is 4.91. The number of fused-ring (bicyclic) bond motifs is 4. The highest BCUT2D eigenvalue weighted by Gasteiger charge is 2.16. The smallest absolute Gasteiger partial charge is 0.160 e. The van der Waals surface area contributed by atoms with Gasteiger partial charge < -0.3 is 9.30 Å². The monoisotopic (exact) mass is 387 g/mol. The van der Waals surface area contributed by atoms with Crippen LogP contribution in [0.25, 0.3) is 33.1 Å². The Kier molecular flexibility index (Phi) is 4.14. The van der Waals surface area contributed by atoms with Gasteiger partial charge in [0.25, 0.3) is 0 Å². The Morgan fingerprint density at radius 3 is 2.50 bits per heavy atom. The third kappa shape index (κ3) is 2.77. The molecule has 0 spiro atoms. The van der Waals surface area contributed by atoms with Gasteiger partial charge in [0.15, 0.2) is 5.65 Å². The quantitative estimate of drug-likeness (QED) is 0.389. The number of nitrogens with zero attached hydrogens (tertiary/aromatic N) is 3. The molecule has 5 heteroatoms. The highest BCUT2D eigenvalue weighted by molar-refractivity contribution is 6.31. The van der Waals surface area contributed by atoms with Gasteiger partial charge in [-0.25, -0.2) is 9.97 Å². The number of rotatable bonds is 4. The Hall–Kier alpha value is -3.11. The second-order valence-electron chi connectivity index (χ2n) is 6.67. The van der Waals surface area contributed by atoms with Gasteiger partial charge in [0.05, 0.1) is 29.7 Å². The fourth-order valence-electron chi connectivity index (χ4n) is 3.67. The van der Waals surface area contributed by atoms with Crippen molar-refractivity contribution in [2.45, 2.75) is 13.5 Å². The van der Waals surface area contributed by atoms with Gasteiger partial charge in [-0.3, -0.25) is 0 Å². The predicted molar refractivity (Wildman–Crippen MR) is 114 cm³/mol. The molecular formula is C23H18ClN3O. The van der Waals surface area contributed by atoms with Crippen molar-refractivity contribution in [2.24, 2.45) is 0 Å². The average molecular weight is 388 g/mol. The maximum Gasteiger partial charge on any atom is 0.160 e. The highest BCUT2D eigenvalue weighted by Crippen LogP contribution is 2.32. The first-order chi connectivity index (χ1) is 13.7. The first-order valence-corrected chi connectivity index (χ1v) is 9.67. The van der Waals surface area contributed by atoms with Gasteiger partial charge in [0.1, 0.15) is 11.3 Å². The van der Waals surface area contributed by atoms with Gasteiger partial charge in [-0.15, -0.1) is 0 Å². The first kappa shape index (κ1) is 17.0. The lowest BCUT2D eigenvalue weighted by molar-refractivity contribution is 0.336. The lowest BCUT2D eigenvalue weighted by atomic mass is 10.2. The summed E-state index contributed by atoms with van der Waals surface area (Å²) < 4.78 is 8.02. The molecular weight excluding hydrogens is 370 g/mol. The fourth-order valence-corrected chi connectivity index (χ4v) is 3.84. The number of aromatic nitrogens is 3. The Balaban J connectivity index is 1.80. The molecule has 4 nitrogen and oxygen atoms in total. The Morgan fingerprint density at radius 2 is 1.68 bits per heavy atom. The summed E-state index contributed by atoms with van der Waals surface area (Å²) in [6.07, 6.45) is 0. The Labute approximate surface area is 167 Å². The number of halogens is 1. The van der Waals surface area contributed by atoms with Crippen LogP contribution in [0.2, 0.25) is 5.02 Å². The van der Waals surface area contributed by atoms with Crippen LogP contribution in [-0.4, -0.2) is 21.1 Å². The molecule has 0 bridgehead atoms. The number of ether oxygens (including phenoxy) is 1. The highest BCUT2D eigenvalue weighted by atomic mass is 35.5. The van der Waals surface area contributed by atoms with E-state index in [-0.39, 0.29) is 0 Å². The third-order valence-corrected chi connectivity index (χ3v) is 5.15. The maximum absolute atomic E-state index is 6.30. The van der Waals surface area contributed by atoms with E-state index in [1.54, 1.807) is 0 Å². The summed E-state index contributed by atoms with van der Waals surface area (Å²) in [5.74, 6) is 0.891. The second-order valence-corrected chi connectivity index (χ2v) is 7.11. The summed E-state index contributed by atoms with van der Waals surface area (Å²) in [5, 5.41) is 1.70. The van der Waals surface area contributed by atoms with Crippen LogP contribution in [0.5, 0.6) is 5.75 Å². The molecule has 0 saturated heterocycles. The lowest BCUT2D eigenvalue weighted by Gasteiger charge is -2.12. The minimum absolute atomic E-state index is 0.629. The molecule has 5 rings (SSSR count). The molecule has 0 N–H and O–H groups in total. The zero-order chi connectivity index (χ0) is 19.1. The normalized spacial score (nSPS) is 11.5. The van der Waals surface area contributed by atoms with Crippen molar-refractivity contribution in [3.05, 3.63) is 77.3 Å². The van der Waals surface area contributed by atoms with Crippen molar-refractivity contribution in [2.75, 3.05) is 6.61 Å². The SMILES string of the molecule is CCOc1ccccc1Cn1c2ccc(Cl)cc2c2nc3ccccc3nc21. The maximum atomic E-state index is 6.30. The van der Waals surface area contributed by atoms with Gasteiger partial charge >= 0.3 is 0 Å². The van der Waals surface area contributed by atoms with E-state index in [1.807, 2.05) is 67.6 Å². The van der Waals surface area contributed by atoms with Crippen molar-refractivity contribution in [3.8, 4) is 5.75 Å². The van der Waals surface area contributed by atoms with Crippen LogP contribution in [0, 0.1) is 0 Å². The number of benzene rings is 3. The van der Waals surface area contributed by atoms with Crippen LogP contribution in [-0.2, 0) is 6.54 Å². The number of para-hydroxylation sites is 3. The summed E-state index contributed by atoms with van der Waals surface area (Å²) in [4.78, 5) is 9.83. The molecule has 0 fully saturated rings. The van der Waals surface area contributed by atoms with E-state index in [1.165, 1.54) is 0 Å². The summed E-state index contributed by atoms with van der Waals surface area (Å²) in [5.41, 5.74) is 5.63. The Bertz CT molecular complexity index is 1330. The molecule has 2 aromatic heterocycles. The van der Waals surface area contributed by atoms with Crippen molar-refractivity contribution in [1.82, 2.24) is 14.5 Å². The summed E-state index contributed by atoms with van der Waals surface area (Å²) >= 11 is 6.30. The minimum atomic E-state index is 0.629. The van der Waals surface area contributed by atoms with Gasteiger partial charge in [0, 0.05) is 16.0 Å². The topological polar surface area (TPSA) is 39.9 Å². The fraction of sp³-hybridized carbons (Fsp3) is 0.130. The van der Waals surface area contributed by atoms with Crippen LogP contribution < -0.4 is 4.74 Å². The summed E-state index contributed by atoms with van der Waals surface area (Å²) in [7, 11) is 0. The van der Waals surface area contributed by atoms with Gasteiger partial charge in [-0.2, -0.15) is 0 Å². The van der Waals surface area contributed by atoms with Crippen LogP contribution in [0.1, 0.15) is 12.5 Å². The van der Waals surface area contributed by atoms with Crippen LogP contribution in [0.15, 0.2) is 66.7 Å². The molecule has 0 atom stereocenters. The minimum Gasteiger partial charge on any atom is -0.494 e. The molecule has 2 heterocycles. The van der Waals surface area contributed by atoms with Gasteiger partial charge in [-0.1, -0.05) is 41.9 Å². The largest absolute Gasteiger partial charge is 0.494 e. The molecule has 0 saturated carbocycles. The molecule has 0 aliphatic rings. The molecule has 0 amide bonds.